The minimum absolute atomic E-state index is 0.102. The molecule has 0 fully saturated rings. The van der Waals surface area contributed by atoms with Gasteiger partial charge in [0.25, 0.3) is 0 Å². The molecule has 0 saturated heterocycles. The first kappa shape index (κ1) is 10.9. The summed E-state index contributed by atoms with van der Waals surface area (Å²) >= 11 is 1.60. The number of nitrogens with zero attached hydrogens (tertiary/aromatic N) is 2. The van der Waals surface area contributed by atoms with Gasteiger partial charge in [-0.25, -0.2) is 4.79 Å². The molecule has 2 heterocycles. The standard InChI is InChI=1S/C11H12N2O2S/c1-3-13-9(6-8(12-13)11(14)15)10-7(2)4-5-16-10/h4-6H,3H2,1-2H3,(H,14,15). The summed E-state index contributed by atoms with van der Waals surface area (Å²) in [5.41, 5.74) is 2.13. The summed E-state index contributed by atoms with van der Waals surface area (Å²) in [5.74, 6) is -0.984. The number of hydrogen-bond donors (Lipinski definition) is 1. The molecule has 0 bridgehead atoms. The van der Waals surface area contributed by atoms with E-state index in [9.17, 15) is 4.79 Å². The summed E-state index contributed by atoms with van der Waals surface area (Å²) in [5, 5.41) is 15.0. The highest BCUT2D eigenvalue weighted by Gasteiger charge is 2.15. The van der Waals surface area contributed by atoms with E-state index in [1.807, 2.05) is 25.3 Å². The van der Waals surface area contributed by atoms with Crippen molar-refractivity contribution in [2.45, 2.75) is 20.4 Å². The molecule has 0 aliphatic rings. The van der Waals surface area contributed by atoms with Gasteiger partial charge in [-0.05, 0) is 36.9 Å². The molecule has 0 radical (unpaired) electrons. The zero-order valence-electron chi connectivity index (χ0n) is 9.10. The number of carboxylic acids is 1. The SMILES string of the molecule is CCn1nc(C(=O)O)cc1-c1sccc1C. The van der Waals surface area contributed by atoms with Crippen LogP contribution in [0.5, 0.6) is 0 Å². The number of hydrogen-bond acceptors (Lipinski definition) is 3. The predicted octanol–water partition coefficient (Wildman–Crippen LogP) is 2.64. The second-order valence-corrected chi connectivity index (χ2v) is 4.38. The van der Waals surface area contributed by atoms with Gasteiger partial charge in [0, 0.05) is 6.54 Å². The Labute approximate surface area is 97.2 Å². The van der Waals surface area contributed by atoms with Crippen LogP contribution < -0.4 is 0 Å². The van der Waals surface area contributed by atoms with Crippen molar-refractivity contribution in [2.24, 2.45) is 0 Å². The Balaban J connectivity index is 2.56. The van der Waals surface area contributed by atoms with Crippen LogP contribution in [0, 0.1) is 6.92 Å². The van der Waals surface area contributed by atoms with Crippen molar-refractivity contribution in [3.8, 4) is 10.6 Å². The van der Waals surface area contributed by atoms with Crippen molar-refractivity contribution in [3.63, 3.8) is 0 Å². The zero-order valence-corrected chi connectivity index (χ0v) is 9.91. The van der Waals surface area contributed by atoms with Gasteiger partial charge in [-0.2, -0.15) is 5.10 Å². The van der Waals surface area contributed by atoms with Crippen LogP contribution in [-0.2, 0) is 6.54 Å². The van der Waals surface area contributed by atoms with Crippen molar-refractivity contribution in [1.29, 1.82) is 0 Å². The highest BCUT2D eigenvalue weighted by molar-refractivity contribution is 7.13. The van der Waals surface area contributed by atoms with Crippen molar-refractivity contribution in [2.75, 3.05) is 0 Å². The van der Waals surface area contributed by atoms with E-state index in [1.54, 1.807) is 22.1 Å². The summed E-state index contributed by atoms with van der Waals surface area (Å²) in [6, 6.07) is 3.65. The first-order valence-electron chi connectivity index (χ1n) is 4.99. The Morgan fingerprint density at radius 1 is 1.62 bits per heavy atom. The number of aryl methyl sites for hydroxylation is 2. The van der Waals surface area contributed by atoms with Gasteiger partial charge < -0.3 is 5.11 Å². The lowest BCUT2D eigenvalue weighted by Gasteiger charge is -2.02. The van der Waals surface area contributed by atoms with E-state index < -0.39 is 5.97 Å². The van der Waals surface area contributed by atoms with E-state index in [4.69, 9.17) is 5.11 Å². The van der Waals surface area contributed by atoms with Crippen molar-refractivity contribution in [3.05, 3.63) is 28.8 Å². The predicted molar refractivity (Wildman–Crippen MR) is 62.9 cm³/mol. The zero-order chi connectivity index (χ0) is 11.7. The fourth-order valence-electron chi connectivity index (χ4n) is 1.58. The maximum absolute atomic E-state index is 10.9. The molecule has 2 rings (SSSR count). The topological polar surface area (TPSA) is 55.1 Å². The van der Waals surface area contributed by atoms with E-state index in [1.165, 1.54) is 0 Å². The third-order valence-corrected chi connectivity index (χ3v) is 3.43. The highest BCUT2D eigenvalue weighted by atomic mass is 32.1. The van der Waals surface area contributed by atoms with Crippen LogP contribution in [0.2, 0.25) is 0 Å². The van der Waals surface area contributed by atoms with Gasteiger partial charge in [0.1, 0.15) is 0 Å². The minimum Gasteiger partial charge on any atom is -0.476 e. The summed E-state index contributed by atoms with van der Waals surface area (Å²) in [7, 11) is 0. The van der Waals surface area contributed by atoms with Crippen LogP contribution in [-0.4, -0.2) is 20.9 Å². The highest BCUT2D eigenvalue weighted by Crippen LogP contribution is 2.29. The lowest BCUT2D eigenvalue weighted by Crippen LogP contribution is -2.02. The molecule has 2 aromatic heterocycles. The number of aromatic nitrogens is 2. The molecule has 16 heavy (non-hydrogen) atoms. The third kappa shape index (κ3) is 1.74. The van der Waals surface area contributed by atoms with Gasteiger partial charge in [-0.15, -0.1) is 11.3 Å². The Morgan fingerprint density at radius 3 is 2.88 bits per heavy atom. The van der Waals surface area contributed by atoms with Crippen LogP contribution in [0.1, 0.15) is 23.0 Å². The van der Waals surface area contributed by atoms with Crippen LogP contribution in [0.3, 0.4) is 0 Å². The van der Waals surface area contributed by atoms with E-state index in [2.05, 4.69) is 5.10 Å². The van der Waals surface area contributed by atoms with Crippen molar-refractivity contribution >= 4 is 17.3 Å². The van der Waals surface area contributed by atoms with Gasteiger partial charge >= 0.3 is 5.97 Å². The molecule has 0 aliphatic heterocycles. The maximum atomic E-state index is 10.9. The molecule has 84 valence electrons. The lowest BCUT2D eigenvalue weighted by atomic mass is 10.2. The molecule has 1 N–H and O–H groups in total. The average molecular weight is 236 g/mol. The van der Waals surface area contributed by atoms with Gasteiger partial charge in [0.2, 0.25) is 0 Å². The molecule has 0 atom stereocenters. The van der Waals surface area contributed by atoms with Crippen LogP contribution in [0.15, 0.2) is 17.5 Å². The number of thiophene rings is 1. The maximum Gasteiger partial charge on any atom is 0.356 e. The molecule has 0 aliphatic carbocycles. The largest absolute Gasteiger partial charge is 0.476 e. The van der Waals surface area contributed by atoms with E-state index in [-0.39, 0.29) is 5.69 Å². The summed E-state index contributed by atoms with van der Waals surface area (Å²) < 4.78 is 1.72. The number of rotatable bonds is 3. The molecule has 2 aromatic rings. The van der Waals surface area contributed by atoms with Crippen LogP contribution >= 0.6 is 11.3 Å². The lowest BCUT2D eigenvalue weighted by molar-refractivity contribution is 0.0689. The van der Waals surface area contributed by atoms with Gasteiger partial charge in [-0.1, -0.05) is 0 Å². The smallest absolute Gasteiger partial charge is 0.356 e. The van der Waals surface area contributed by atoms with Gasteiger partial charge in [0.05, 0.1) is 10.6 Å². The van der Waals surface area contributed by atoms with E-state index in [0.717, 1.165) is 16.1 Å². The molecule has 4 nitrogen and oxygen atoms in total. The summed E-state index contributed by atoms with van der Waals surface area (Å²) in [6.45, 7) is 4.63. The minimum atomic E-state index is -0.984. The second-order valence-electron chi connectivity index (χ2n) is 3.47. The van der Waals surface area contributed by atoms with Crippen LogP contribution in [0.25, 0.3) is 10.6 Å². The number of aromatic carboxylic acids is 1. The molecule has 5 heteroatoms. The number of carbonyl (C=O) groups is 1. The molecular weight excluding hydrogens is 224 g/mol. The Morgan fingerprint density at radius 2 is 2.38 bits per heavy atom. The molecular formula is C11H12N2O2S. The van der Waals surface area contributed by atoms with Gasteiger partial charge in [0.15, 0.2) is 5.69 Å². The Bertz CT molecular complexity index is 528. The fourth-order valence-corrected chi connectivity index (χ4v) is 2.53. The monoisotopic (exact) mass is 236 g/mol. The quantitative estimate of drug-likeness (QED) is 0.891. The third-order valence-electron chi connectivity index (χ3n) is 2.39. The van der Waals surface area contributed by atoms with Crippen LogP contribution in [0.4, 0.5) is 0 Å². The first-order chi connectivity index (χ1) is 7.63. The van der Waals surface area contributed by atoms with E-state index in [0.29, 0.717) is 6.54 Å². The van der Waals surface area contributed by atoms with E-state index >= 15 is 0 Å². The van der Waals surface area contributed by atoms with Crippen molar-refractivity contribution < 1.29 is 9.90 Å². The molecule has 0 saturated carbocycles. The van der Waals surface area contributed by atoms with Crippen molar-refractivity contribution in [1.82, 2.24) is 9.78 Å². The fraction of sp³-hybridized carbons (Fsp3) is 0.273. The molecule has 0 spiro atoms. The second kappa shape index (κ2) is 4.09. The molecule has 0 amide bonds. The Hall–Kier alpha value is -1.62. The first-order valence-corrected chi connectivity index (χ1v) is 5.87. The molecule has 0 unspecified atom stereocenters. The normalized spacial score (nSPS) is 10.6. The van der Waals surface area contributed by atoms with Gasteiger partial charge in [-0.3, -0.25) is 4.68 Å². The number of carboxylic acid groups (broad SMARTS) is 1. The summed E-state index contributed by atoms with van der Waals surface area (Å²) in [6.07, 6.45) is 0. The molecule has 0 aromatic carbocycles. The Kier molecular flexibility index (Phi) is 2.78. The summed E-state index contributed by atoms with van der Waals surface area (Å²) in [4.78, 5) is 11.9. The average Bonchev–Trinajstić information content (AvgIpc) is 2.82.